The molecule has 1 aromatic rings. The van der Waals surface area contributed by atoms with E-state index in [-0.39, 0.29) is 5.78 Å². The zero-order valence-corrected chi connectivity index (χ0v) is 11.3. The van der Waals surface area contributed by atoms with Crippen LogP contribution in [0, 0.1) is 11.8 Å². The first-order valence-corrected chi connectivity index (χ1v) is 6.63. The summed E-state index contributed by atoms with van der Waals surface area (Å²) in [6.07, 6.45) is 4.81. The molecule has 2 heteroatoms. The van der Waals surface area contributed by atoms with Crippen LogP contribution in [0.4, 0.5) is 0 Å². The fourth-order valence-electron chi connectivity index (χ4n) is 1.68. The Morgan fingerprint density at radius 1 is 1.33 bits per heavy atom. The molecule has 1 nitrogen and oxygen atoms in total. The summed E-state index contributed by atoms with van der Waals surface area (Å²) in [4.78, 5) is 13.8. The molecule has 1 aliphatic carbocycles. The molecule has 1 aromatic carbocycles. The van der Waals surface area contributed by atoms with Gasteiger partial charge in [0.15, 0.2) is 5.78 Å². The van der Waals surface area contributed by atoms with Crippen LogP contribution in [0.15, 0.2) is 51.8 Å². The molecule has 0 N–H and O–H groups in total. The molecule has 0 aliphatic heterocycles. The topological polar surface area (TPSA) is 17.1 Å². The molecule has 0 amide bonds. The summed E-state index contributed by atoms with van der Waals surface area (Å²) in [5, 5.41) is 0. The predicted octanol–water partition coefficient (Wildman–Crippen LogP) is 4.22. The van der Waals surface area contributed by atoms with Crippen LogP contribution >= 0.6 is 11.8 Å². The van der Waals surface area contributed by atoms with Crippen LogP contribution < -0.4 is 0 Å². The molecule has 0 fully saturated rings. The average Bonchev–Trinajstić information content (AvgIpc) is 2.55. The first kappa shape index (κ1) is 12.7. The van der Waals surface area contributed by atoms with E-state index in [1.807, 2.05) is 30.3 Å². The Morgan fingerprint density at radius 2 is 2.11 bits per heavy atom. The smallest absolute Gasteiger partial charge is 0.160 e. The van der Waals surface area contributed by atoms with Crippen molar-refractivity contribution in [2.45, 2.75) is 25.2 Å². The van der Waals surface area contributed by atoms with Crippen molar-refractivity contribution >= 4 is 17.5 Å². The Labute approximate surface area is 112 Å². The summed E-state index contributed by atoms with van der Waals surface area (Å²) in [6, 6.07) is 7.72. The Hall–Kier alpha value is -1.72. The lowest BCUT2D eigenvalue weighted by Gasteiger charge is -2.09. The van der Waals surface area contributed by atoms with Gasteiger partial charge in [0.2, 0.25) is 0 Å². The fraction of sp³-hybridized carbons (Fsp3) is 0.188. The normalized spacial score (nSPS) is 13.9. The Kier molecular flexibility index (Phi) is 4.07. The van der Waals surface area contributed by atoms with Crippen molar-refractivity contribution in [2.75, 3.05) is 0 Å². The SMILES string of the molecule is CC(=O)c1ccccc1SC1=CCC#CC=C1C. The summed E-state index contributed by atoms with van der Waals surface area (Å²) >= 11 is 1.63. The van der Waals surface area contributed by atoms with E-state index in [0.717, 1.165) is 22.5 Å². The molecule has 0 saturated carbocycles. The van der Waals surface area contributed by atoms with Crippen LogP contribution in [0.25, 0.3) is 0 Å². The number of carbonyl (C=O) groups excluding carboxylic acids is 1. The fourth-order valence-corrected chi connectivity index (χ4v) is 2.77. The van der Waals surface area contributed by atoms with Gasteiger partial charge in [-0.3, -0.25) is 4.79 Å². The molecule has 0 unspecified atom stereocenters. The predicted molar refractivity (Wildman–Crippen MR) is 76.5 cm³/mol. The van der Waals surface area contributed by atoms with Crippen molar-refractivity contribution < 1.29 is 4.79 Å². The largest absolute Gasteiger partial charge is 0.294 e. The number of carbonyl (C=O) groups is 1. The van der Waals surface area contributed by atoms with Gasteiger partial charge in [0.05, 0.1) is 0 Å². The van der Waals surface area contributed by atoms with Crippen molar-refractivity contribution in [3.63, 3.8) is 0 Å². The summed E-state index contributed by atoms with van der Waals surface area (Å²) in [6.45, 7) is 3.65. The Balaban J connectivity index is 2.30. The van der Waals surface area contributed by atoms with Crippen LogP contribution in [0.3, 0.4) is 0 Å². The van der Waals surface area contributed by atoms with Gasteiger partial charge < -0.3 is 0 Å². The molecule has 0 bridgehead atoms. The molecule has 2 rings (SSSR count). The van der Waals surface area contributed by atoms with Crippen LogP contribution in [0.1, 0.15) is 30.6 Å². The van der Waals surface area contributed by atoms with E-state index in [0.29, 0.717) is 0 Å². The van der Waals surface area contributed by atoms with E-state index >= 15 is 0 Å². The molecule has 0 radical (unpaired) electrons. The van der Waals surface area contributed by atoms with Crippen molar-refractivity contribution in [1.29, 1.82) is 0 Å². The first-order chi connectivity index (χ1) is 8.68. The minimum atomic E-state index is 0.102. The second kappa shape index (κ2) is 5.75. The van der Waals surface area contributed by atoms with Crippen molar-refractivity contribution in [3.05, 3.63) is 52.5 Å². The van der Waals surface area contributed by atoms with E-state index in [4.69, 9.17) is 0 Å². The van der Waals surface area contributed by atoms with Gasteiger partial charge in [-0.2, -0.15) is 0 Å². The summed E-state index contributed by atoms with van der Waals surface area (Å²) in [7, 11) is 0. The number of hydrogen-bond acceptors (Lipinski definition) is 2. The number of benzene rings is 1. The highest BCUT2D eigenvalue weighted by atomic mass is 32.2. The second-order valence-electron chi connectivity index (χ2n) is 4.08. The molecular formula is C16H14OS. The van der Waals surface area contributed by atoms with Gasteiger partial charge in [-0.25, -0.2) is 0 Å². The summed E-state index contributed by atoms with van der Waals surface area (Å²) < 4.78 is 0. The maximum Gasteiger partial charge on any atom is 0.160 e. The Morgan fingerprint density at radius 3 is 2.89 bits per heavy atom. The molecular weight excluding hydrogens is 240 g/mol. The third kappa shape index (κ3) is 2.94. The van der Waals surface area contributed by atoms with Crippen LogP contribution in [0.5, 0.6) is 0 Å². The number of thioether (sulfide) groups is 1. The van der Waals surface area contributed by atoms with Gasteiger partial charge in [0.1, 0.15) is 0 Å². The monoisotopic (exact) mass is 254 g/mol. The van der Waals surface area contributed by atoms with Crippen LogP contribution in [-0.4, -0.2) is 5.78 Å². The minimum Gasteiger partial charge on any atom is -0.294 e. The average molecular weight is 254 g/mol. The van der Waals surface area contributed by atoms with Gasteiger partial charge in [-0.05, 0) is 31.6 Å². The van der Waals surface area contributed by atoms with Crippen molar-refractivity contribution in [3.8, 4) is 11.8 Å². The standard InChI is InChI=1S/C16H14OS/c1-12-8-4-3-5-10-15(12)18-16-11-7-6-9-14(16)13(2)17/h6-11H,5H2,1-2H3. The van der Waals surface area contributed by atoms with Crippen molar-refractivity contribution in [1.82, 2.24) is 0 Å². The summed E-state index contributed by atoms with van der Waals surface area (Å²) in [5.41, 5.74) is 1.93. The lowest BCUT2D eigenvalue weighted by Crippen LogP contribution is -1.95. The molecule has 90 valence electrons. The lowest BCUT2D eigenvalue weighted by molar-refractivity contribution is 0.101. The lowest BCUT2D eigenvalue weighted by atomic mass is 10.1. The van der Waals surface area contributed by atoms with E-state index in [2.05, 4.69) is 24.8 Å². The van der Waals surface area contributed by atoms with Gasteiger partial charge >= 0.3 is 0 Å². The molecule has 0 atom stereocenters. The maximum absolute atomic E-state index is 11.6. The first-order valence-electron chi connectivity index (χ1n) is 5.82. The molecule has 0 heterocycles. The molecule has 0 saturated heterocycles. The number of rotatable bonds is 3. The van der Waals surface area contributed by atoms with E-state index in [1.165, 1.54) is 4.91 Å². The van der Waals surface area contributed by atoms with Gasteiger partial charge in [0, 0.05) is 21.8 Å². The van der Waals surface area contributed by atoms with E-state index < -0.39 is 0 Å². The van der Waals surface area contributed by atoms with Crippen molar-refractivity contribution in [2.24, 2.45) is 0 Å². The molecule has 18 heavy (non-hydrogen) atoms. The number of hydrogen-bond donors (Lipinski definition) is 0. The quantitative estimate of drug-likeness (QED) is 0.593. The minimum absolute atomic E-state index is 0.102. The molecule has 0 aromatic heterocycles. The van der Waals surface area contributed by atoms with Gasteiger partial charge in [-0.1, -0.05) is 47.9 Å². The van der Waals surface area contributed by atoms with Crippen LogP contribution in [0.2, 0.25) is 0 Å². The third-order valence-corrected chi connectivity index (χ3v) is 3.94. The number of ketones is 1. The van der Waals surface area contributed by atoms with Crippen LogP contribution in [-0.2, 0) is 0 Å². The highest BCUT2D eigenvalue weighted by Crippen LogP contribution is 2.34. The van der Waals surface area contributed by atoms with Gasteiger partial charge in [0.25, 0.3) is 0 Å². The zero-order chi connectivity index (χ0) is 13.0. The highest BCUT2D eigenvalue weighted by Gasteiger charge is 2.10. The number of Topliss-reactive ketones (excluding diaryl/α,β-unsaturated/α-hetero) is 1. The molecule has 0 spiro atoms. The van der Waals surface area contributed by atoms with Gasteiger partial charge in [-0.15, -0.1) is 0 Å². The van der Waals surface area contributed by atoms with E-state index in [1.54, 1.807) is 18.7 Å². The highest BCUT2D eigenvalue weighted by molar-refractivity contribution is 8.03. The van der Waals surface area contributed by atoms with E-state index in [9.17, 15) is 4.79 Å². The zero-order valence-electron chi connectivity index (χ0n) is 10.5. The number of allylic oxidation sites excluding steroid dienone is 3. The second-order valence-corrected chi connectivity index (χ2v) is 5.16. The third-order valence-electron chi connectivity index (χ3n) is 2.66. The Bertz CT molecular complexity index is 597. The maximum atomic E-state index is 11.6. The summed E-state index contributed by atoms with van der Waals surface area (Å²) in [5.74, 6) is 6.16. The molecule has 1 aliphatic rings.